The molecule has 2 amide bonds. The Morgan fingerprint density at radius 1 is 1.17 bits per heavy atom. The van der Waals surface area contributed by atoms with Crippen molar-refractivity contribution < 1.29 is 9.90 Å². The normalized spacial score (nSPS) is 11.6. The second kappa shape index (κ2) is 8.14. The van der Waals surface area contributed by atoms with Gasteiger partial charge in [-0.1, -0.05) is 30.3 Å². The second-order valence-corrected chi connectivity index (χ2v) is 5.79. The Balaban J connectivity index is 2.06. The number of aliphatic hydroxyl groups is 1. The molecule has 2 aromatic rings. The van der Waals surface area contributed by atoms with Gasteiger partial charge in [0.05, 0.1) is 24.3 Å². The van der Waals surface area contributed by atoms with E-state index in [1.807, 2.05) is 50.2 Å². The Labute approximate surface area is 142 Å². The number of aliphatic hydroxyl groups excluding tert-OH is 1. The minimum absolute atomic E-state index is 0.0678. The molecular formula is C19H21N3O2. The van der Waals surface area contributed by atoms with E-state index in [2.05, 4.69) is 5.32 Å². The highest BCUT2D eigenvalue weighted by Gasteiger charge is 2.21. The summed E-state index contributed by atoms with van der Waals surface area (Å²) in [5, 5.41) is 22.1. The van der Waals surface area contributed by atoms with E-state index in [1.54, 1.807) is 29.2 Å². The maximum Gasteiger partial charge on any atom is 0.322 e. The first-order chi connectivity index (χ1) is 11.5. The Morgan fingerprint density at radius 2 is 1.79 bits per heavy atom. The number of nitriles is 1. The van der Waals surface area contributed by atoms with E-state index in [1.165, 1.54) is 0 Å². The molecule has 0 fully saturated rings. The van der Waals surface area contributed by atoms with Gasteiger partial charge in [-0.05, 0) is 43.7 Å². The molecule has 2 N–H and O–H groups in total. The minimum atomic E-state index is -0.818. The Bertz CT molecular complexity index is 706. The lowest BCUT2D eigenvalue weighted by molar-refractivity contribution is 0.113. The molecule has 0 spiro atoms. The fourth-order valence-electron chi connectivity index (χ4n) is 2.32. The third-order valence-electron chi connectivity index (χ3n) is 3.70. The number of carbonyl (C=O) groups excluding carboxylic acids is 1. The first-order valence-corrected chi connectivity index (χ1v) is 7.82. The number of hydrogen-bond donors (Lipinski definition) is 2. The number of nitrogens with one attached hydrogen (secondary N) is 1. The molecule has 0 heterocycles. The Morgan fingerprint density at radius 3 is 2.33 bits per heavy atom. The highest BCUT2D eigenvalue weighted by molar-refractivity contribution is 5.89. The van der Waals surface area contributed by atoms with Gasteiger partial charge in [-0.25, -0.2) is 4.79 Å². The molecule has 1 unspecified atom stereocenters. The van der Waals surface area contributed by atoms with E-state index in [0.29, 0.717) is 16.8 Å². The van der Waals surface area contributed by atoms with Crippen LogP contribution < -0.4 is 5.32 Å². The summed E-state index contributed by atoms with van der Waals surface area (Å²) in [6.07, 6.45) is -0.818. The molecule has 124 valence electrons. The molecule has 0 radical (unpaired) electrons. The molecule has 0 aliphatic carbocycles. The van der Waals surface area contributed by atoms with Crippen LogP contribution in [0.25, 0.3) is 0 Å². The third kappa shape index (κ3) is 4.58. The maximum atomic E-state index is 12.5. The highest BCUT2D eigenvalue weighted by Crippen LogP contribution is 2.17. The van der Waals surface area contributed by atoms with E-state index in [4.69, 9.17) is 5.26 Å². The molecule has 0 aromatic heterocycles. The predicted molar refractivity (Wildman–Crippen MR) is 93.4 cm³/mol. The van der Waals surface area contributed by atoms with Gasteiger partial charge < -0.3 is 15.3 Å². The van der Waals surface area contributed by atoms with E-state index in [9.17, 15) is 9.90 Å². The van der Waals surface area contributed by atoms with Crippen molar-refractivity contribution in [1.29, 1.82) is 5.26 Å². The summed E-state index contributed by atoms with van der Waals surface area (Å²) in [6, 6.07) is 17.6. The van der Waals surface area contributed by atoms with Crippen molar-refractivity contribution in [3.05, 3.63) is 65.7 Å². The van der Waals surface area contributed by atoms with Crippen molar-refractivity contribution >= 4 is 11.7 Å². The summed E-state index contributed by atoms with van der Waals surface area (Å²) >= 11 is 0. The van der Waals surface area contributed by atoms with E-state index in [-0.39, 0.29) is 18.6 Å². The van der Waals surface area contributed by atoms with Gasteiger partial charge in [0, 0.05) is 11.7 Å². The molecule has 5 nitrogen and oxygen atoms in total. The fraction of sp³-hybridized carbons (Fsp3) is 0.263. The molecule has 2 aromatic carbocycles. The van der Waals surface area contributed by atoms with Crippen molar-refractivity contribution in [2.75, 3.05) is 11.9 Å². The SMILES string of the molecule is CC(C)N(CC(O)c1ccc(C#N)cc1)C(=O)Nc1ccccc1. The monoisotopic (exact) mass is 323 g/mol. The number of benzene rings is 2. The fourth-order valence-corrected chi connectivity index (χ4v) is 2.32. The van der Waals surface area contributed by atoms with Crippen LogP contribution in [0.4, 0.5) is 10.5 Å². The standard InChI is InChI=1S/C19H21N3O2/c1-14(2)22(19(24)21-17-6-4-3-5-7-17)13-18(23)16-10-8-15(12-20)9-11-16/h3-11,14,18,23H,13H2,1-2H3,(H,21,24). The van der Waals surface area contributed by atoms with Gasteiger partial charge >= 0.3 is 6.03 Å². The lowest BCUT2D eigenvalue weighted by atomic mass is 10.1. The quantitative estimate of drug-likeness (QED) is 0.883. The number of urea groups is 1. The van der Waals surface area contributed by atoms with Crippen LogP contribution in [0.3, 0.4) is 0 Å². The van der Waals surface area contributed by atoms with E-state index >= 15 is 0 Å². The number of nitrogens with zero attached hydrogens (tertiary/aromatic N) is 2. The average Bonchev–Trinajstić information content (AvgIpc) is 2.60. The van der Waals surface area contributed by atoms with Crippen LogP contribution in [-0.2, 0) is 0 Å². The first kappa shape index (κ1) is 17.5. The van der Waals surface area contributed by atoms with Crippen LogP contribution >= 0.6 is 0 Å². The van der Waals surface area contributed by atoms with Gasteiger partial charge in [0.15, 0.2) is 0 Å². The molecule has 24 heavy (non-hydrogen) atoms. The van der Waals surface area contributed by atoms with Gasteiger partial charge in [0.1, 0.15) is 0 Å². The molecule has 0 aliphatic heterocycles. The molecule has 0 bridgehead atoms. The van der Waals surface area contributed by atoms with Crippen LogP contribution in [0.2, 0.25) is 0 Å². The lowest BCUT2D eigenvalue weighted by Crippen LogP contribution is -2.42. The zero-order valence-corrected chi connectivity index (χ0v) is 13.8. The largest absolute Gasteiger partial charge is 0.387 e. The number of carbonyl (C=O) groups is 1. The summed E-state index contributed by atoms with van der Waals surface area (Å²) in [7, 11) is 0. The number of para-hydroxylation sites is 1. The third-order valence-corrected chi connectivity index (χ3v) is 3.70. The highest BCUT2D eigenvalue weighted by atomic mass is 16.3. The van der Waals surface area contributed by atoms with Gasteiger partial charge in [-0.2, -0.15) is 5.26 Å². The zero-order chi connectivity index (χ0) is 17.5. The van der Waals surface area contributed by atoms with Gasteiger partial charge in [-0.3, -0.25) is 0 Å². The van der Waals surface area contributed by atoms with Crippen LogP contribution in [0.5, 0.6) is 0 Å². The van der Waals surface area contributed by atoms with Crippen molar-refractivity contribution in [2.45, 2.75) is 26.0 Å². The Hall–Kier alpha value is -2.84. The topological polar surface area (TPSA) is 76.4 Å². The summed E-state index contributed by atoms with van der Waals surface area (Å²) in [5.74, 6) is 0. The molecule has 0 saturated heterocycles. The molecule has 5 heteroatoms. The number of hydrogen-bond acceptors (Lipinski definition) is 3. The van der Waals surface area contributed by atoms with Gasteiger partial charge in [0.25, 0.3) is 0 Å². The lowest BCUT2D eigenvalue weighted by Gasteiger charge is -2.29. The maximum absolute atomic E-state index is 12.5. The van der Waals surface area contributed by atoms with Gasteiger partial charge in [0.2, 0.25) is 0 Å². The van der Waals surface area contributed by atoms with Crippen molar-refractivity contribution in [3.8, 4) is 6.07 Å². The van der Waals surface area contributed by atoms with Crippen LogP contribution in [0.15, 0.2) is 54.6 Å². The number of amides is 2. The van der Waals surface area contributed by atoms with Crippen LogP contribution in [0, 0.1) is 11.3 Å². The molecule has 1 atom stereocenters. The van der Waals surface area contributed by atoms with Crippen molar-refractivity contribution in [3.63, 3.8) is 0 Å². The van der Waals surface area contributed by atoms with Gasteiger partial charge in [-0.15, -0.1) is 0 Å². The van der Waals surface area contributed by atoms with Crippen LogP contribution in [0.1, 0.15) is 31.1 Å². The van der Waals surface area contributed by atoms with Crippen molar-refractivity contribution in [1.82, 2.24) is 4.90 Å². The summed E-state index contributed by atoms with van der Waals surface area (Å²) < 4.78 is 0. The minimum Gasteiger partial charge on any atom is -0.387 e. The van der Waals surface area contributed by atoms with E-state index < -0.39 is 6.10 Å². The van der Waals surface area contributed by atoms with E-state index in [0.717, 1.165) is 0 Å². The molecule has 2 rings (SSSR count). The zero-order valence-electron chi connectivity index (χ0n) is 13.8. The molecular weight excluding hydrogens is 302 g/mol. The van der Waals surface area contributed by atoms with Crippen molar-refractivity contribution in [2.24, 2.45) is 0 Å². The summed E-state index contributed by atoms with van der Waals surface area (Å²) in [6.45, 7) is 3.97. The summed E-state index contributed by atoms with van der Waals surface area (Å²) in [5.41, 5.74) is 1.92. The second-order valence-electron chi connectivity index (χ2n) is 5.79. The summed E-state index contributed by atoms with van der Waals surface area (Å²) in [4.78, 5) is 14.1. The van der Waals surface area contributed by atoms with Crippen LogP contribution in [-0.4, -0.2) is 28.6 Å². The number of anilines is 1. The smallest absolute Gasteiger partial charge is 0.322 e. The molecule has 0 saturated carbocycles. The molecule has 0 aliphatic rings. The predicted octanol–water partition coefficient (Wildman–Crippen LogP) is 3.53. The average molecular weight is 323 g/mol. The Kier molecular flexibility index (Phi) is 5.94. The first-order valence-electron chi connectivity index (χ1n) is 7.82. The number of rotatable bonds is 5.